The van der Waals surface area contributed by atoms with Gasteiger partial charge in [0.2, 0.25) is 11.8 Å². The summed E-state index contributed by atoms with van der Waals surface area (Å²) in [6.07, 6.45) is 8.35. The van der Waals surface area contributed by atoms with Gasteiger partial charge in [0.15, 0.2) is 0 Å². The monoisotopic (exact) mass is 455 g/mol. The molecule has 176 valence electrons. The number of hydrogen-bond acceptors (Lipinski definition) is 6. The Morgan fingerprint density at radius 2 is 1.82 bits per heavy atom. The second-order valence-electron chi connectivity index (χ2n) is 6.88. The first-order valence-electron chi connectivity index (χ1n) is 10.7. The number of allylic oxidation sites excluding steroid dienone is 1. The summed E-state index contributed by atoms with van der Waals surface area (Å²) in [5.74, 6) is -1.13. The van der Waals surface area contributed by atoms with Gasteiger partial charge < -0.3 is 15.4 Å². The molecule has 0 spiro atoms. The Hall–Kier alpha value is -3.91. The smallest absolute Gasteiger partial charge is 0.338 e. The molecule has 0 unspecified atom stereocenters. The van der Waals surface area contributed by atoms with Crippen LogP contribution in [0.4, 0.5) is 5.69 Å². The van der Waals surface area contributed by atoms with Gasteiger partial charge in [0.05, 0.1) is 18.7 Å². The highest BCUT2D eigenvalue weighted by Gasteiger charge is 2.07. The van der Waals surface area contributed by atoms with Crippen molar-refractivity contribution >= 4 is 35.8 Å². The zero-order valence-electron chi connectivity index (χ0n) is 18.7. The number of hydrogen-bond donors (Lipinski definition) is 2. The fraction of sp³-hybridized carbons (Fsp3) is 0.391. The molecule has 0 saturated heterocycles. The van der Waals surface area contributed by atoms with Crippen molar-refractivity contribution in [1.82, 2.24) is 5.32 Å². The molecule has 0 aromatic heterocycles. The van der Waals surface area contributed by atoms with E-state index in [1.54, 1.807) is 37.3 Å². The Labute approximate surface area is 192 Å². The molecule has 0 saturated carbocycles. The standard InChI is InChI=1S/C23H29N5O5/c1-2-33-23(32)19(14-16-29)11-8-18-9-12-20(13-10-18)27-22(31)17-25-21(30)7-5-3-4-6-15-26-28-24/h8-14,16H,2-7,15,17H2,1H3,(H,25,30)(H,27,31)/b11-8+,19-14-. The van der Waals surface area contributed by atoms with E-state index in [9.17, 15) is 19.2 Å². The number of benzene rings is 1. The Kier molecular flexibility index (Phi) is 13.8. The Morgan fingerprint density at radius 1 is 1.09 bits per heavy atom. The van der Waals surface area contributed by atoms with Crippen molar-refractivity contribution in [3.63, 3.8) is 0 Å². The third kappa shape index (κ3) is 12.5. The summed E-state index contributed by atoms with van der Waals surface area (Å²) in [6, 6.07) is 6.83. The Morgan fingerprint density at radius 3 is 2.48 bits per heavy atom. The minimum atomic E-state index is -0.586. The molecule has 2 N–H and O–H groups in total. The average Bonchev–Trinajstić information content (AvgIpc) is 2.81. The van der Waals surface area contributed by atoms with Crippen LogP contribution in [-0.4, -0.2) is 43.8 Å². The molecule has 0 radical (unpaired) electrons. The van der Waals surface area contributed by atoms with Crippen LogP contribution >= 0.6 is 0 Å². The van der Waals surface area contributed by atoms with E-state index in [0.29, 0.717) is 31.4 Å². The van der Waals surface area contributed by atoms with Gasteiger partial charge >= 0.3 is 5.97 Å². The SMILES string of the molecule is CCOC(=O)C(=C\C=O)/C=C/c1ccc(NC(=O)CNC(=O)CCCCCCN=[N+]=[N-])cc1. The summed E-state index contributed by atoms with van der Waals surface area (Å²) in [5.41, 5.74) is 9.62. The van der Waals surface area contributed by atoms with Crippen LogP contribution in [0.2, 0.25) is 0 Å². The fourth-order valence-corrected chi connectivity index (χ4v) is 2.68. The molecule has 10 heteroatoms. The normalized spacial score (nSPS) is 10.9. The summed E-state index contributed by atoms with van der Waals surface area (Å²) in [6.45, 7) is 2.22. The number of nitrogens with one attached hydrogen (secondary N) is 2. The van der Waals surface area contributed by atoms with Crippen molar-refractivity contribution in [3.8, 4) is 0 Å². The first-order chi connectivity index (χ1) is 16.0. The first kappa shape index (κ1) is 27.1. The number of unbranched alkanes of at least 4 members (excludes halogenated alkanes) is 3. The highest BCUT2D eigenvalue weighted by molar-refractivity contribution is 5.96. The van der Waals surface area contributed by atoms with Gasteiger partial charge in [0.25, 0.3) is 0 Å². The average molecular weight is 456 g/mol. The van der Waals surface area contributed by atoms with E-state index in [-0.39, 0.29) is 30.5 Å². The highest BCUT2D eigenvalue weighted by atomic mass is 16.5. The van der Waals surface area contributed by atoms with Gasteiger partial charge in [0.1, 0.15) is 6.29 Å². The number of rotatable bonds is 15. The number of carbonyl (C=O) groups excluding carboxylic acids is 4. The van der Waals surface area contributed by atoms with E-state index in [4.69, 9.17) is 10.3 Å². The van der Waals surface area contributed by atoms with Gasteiger partial charge in [-0.05, 0) is 55.1 Å². The van der Waals surface area contributed by atoms with E-state index in [2.05, 4.69) is 20.7 Å². The van der Waals surface area contributed by atoms with Gasteiger partial charge in [-0.25, -0.2) is 4.79 Å². The fourth-order valence-electron chi connectivity index (χ4n) is 2.68. The predicted octanol–water partition coefficient (Wildman–Crippen LogP) is 3.70. The van der Waals surface area contributed by atoms with E-state index >= 15 is 0 Å². The van der Waals surface area contributed by atoms with E-state index < -0.39 is 5.97 Å². The lowest BCUT2D eigenvalue weighted by Gasteiger charge is -2.07. The van der Waals surface area contributed by atoms with Crippen LogP contribution in [0.1, 0.15) is 44.6 Å². The maximum atomic E-state index is 12.0. The minimum absolute atomic E-state index is 0.128. The Balaban J connectivity index is 2.40. The molecule has 0 bridgehead atoms. The molecule has 0 heterocycles. The van der Waals surface area contributed by atoms with Gasteiger partial charge in [-0.3, -0.25) is 14.4 Å². The maximum absolute atomic E-state index is 12.0. The molecular weight excluding hydrogens is 426 g/mol. The molecule has 0 fully saturated rings. The summed E-state index contributed by atoms with van der Waals surface area (Å²) in [4.78, 5) is 49.0. The lowest BCUT2D eigenvalue weighted by Crippen LogP contribution is -2.32. The molecule has 0 atom stereocenters. The molecule has 0 aliphatic carbocycles. The second-order valence-corrected chi connectivity index (χ2v) is 6.88. The van der Waals surface area contributed by atoms with Crippen molar-refractivity contribution in [1.29, 1.82) is 0 Å². The number of nitrogens with zero attached hydrogens (tertiary/aromatic N) is 3. The molecule has 10 nitrogen and oxygen atoms in total. The van der Waals surface area contributed by atoms with E-state index in [1.807, 2.05) is 0 Å². The highest BCUT2D eigenvalue weighted by Crippen LogP contribution is 2.12. The molecule has 1 aromatic carbocycles. The van der Waals surface area contributed by atoms with E-state index in [1.165, 1.54) is 6.08 Å². The van der Waals surface area contributed by atoms with Gasteiger partial charge in [0, 0.05) is 23.6 Å². The zero-order chi connectivity index (χ0) is 24.3. The predicted molar refractivity (Wildman–Crippen MR) is 125 cm³/mol. The number of carbonyl (C=O) groups is 4. The Bertz CT molecular complexity index is 902. The quantitative estimate of drug-likeness (QED) is 0.0604. The number of aldehydes is 1. The number of ether oxygens (including phenoxy) is 1. The van der Waals surface area contributed by atoms with Crippen molar-refractivity contribution in [2.24, 2.45) is 5.11 Å². The largest absolute Gasteiger partial charge is 0.462 e. The van der Waals surface area contributed by atoms with Crippen molar-refractivity contribution in [2.75, 3.05) is 25.0 Å². The van der Waals surface area contributed by atoms with Crippen LogP contribution < -0.4 is 10.6 Å². The number of esters is 1. The van der Waals surface area contributed by atoms with Crippen LogP contribution in [0.25, 0.3) is 16.5 Å². The van der Waals surface area contributed by atoms with Crippen LogP contribution in [0.5, 0.6) is 0 Å². The van der Waals surface area contributed by atoms with Crippen LogP contribution in [-0.2, 0) is 23.9 Å². The van der Waals surface area contributed by atoms with Crippen molar-refractivity contribution in [2.45, 2.75) is 39.0 Å². The van der Waals surface area contributed by atoms with Crippen LogP contribution in [0, 0.1) is 0 Å². The van der Waals surface area contributed by atoms with Gasteiger partial charge in [-0.2, -0.15) is 0 Å². The second kappa shape index (κ2) is 16.7. The summed E-state index contributed by atoms with van der Waals surface area (Å²) in [5, 5.41) is 8.73. The number of anilines is 1. The summed E-state index contributed by atoms with van der Waals surface area (Å²) in [7, 11) is 0. The van der Waals surface area contributed by atoms with Crippen molar-refractivity contribution in [3.05, 3.63) is 58.0 Å². The molecule has 0 aliphatic rings. The third-order valence-corrected chi connectivity index (χ3v) is 4.33. The lowest BCUT2D eigenvalue weighted by molar-refractivity contribution is -0.138. The van der Waals surface area contributed by atoms with Crippen molar-refractivity contribution < 1.29 is 23.9 Å². The first-order valence-corrected chi connectivity index (χ1v) is 10.7. The molecule has 2 amide bonds. The maximum Gasteiger partial charge on any atom is 0.338 e. The molecule has 0 aliphatic heterocycles. The van der Waals surface area contributed by atoms with Crippen LogP contribution in [0.15, 0.2) is 47.1 Å². The topological polar surface area (TPSA) is 150 Å². The molecule has 1 rings (SSSR count). The third-order valence-electron chi connectivity index (χ3n) is 4.33. The number of amides is 2. The van der Waals surface area contributed by atoms with Gasteiger partial charge in [-0.1, -0.05) is 36.2 Å². The van der Waals surface area contributed by atoms with Gasteiger partial charge in [-0.15, -0.1) is 0 Å². The summed E-state index contributed by atoms with van der Waals surface area (Å²) >= 11 is 0. The zero-order valence-corrected chi connectivity index (χ0v) is 18.7. The minimum Gasteiger partial charge on any atom is -0.462 e. The van der Waals surface area contributed by atoms with E-state index in [0.717, 1.165) is 30.9 Å². The summed E-state index contributed by atoms with van der Waals surface area (Å²) < 4.78 is 4.88. The van der Waals surface area contributed by atoms with Crippen LogP contribution in [0.3, 0.4) is 0 Å². The number of azide groups is 1. The molecule has 1 aromatic rings. The lowest BCUT2D eigenvalue weighted by atomic mass is 10.1. The molecule has 33 heavy (non-hydrogen) atoms. The molecular formula is C23H29N5O5.